The zero-order chi connectivity index (χ0) is 18.0. The van der Waals surface area contributed by atoms with E-state index in [2.05, 4.69) is 5.32 Å². The molecule has 1 atom stereocenters. The predicted molar refractivity (Wildman–Crippen MR) is 96.7 cm³/mol. The van der Waals surface area contributed by atoms with Gasteiger partial charge in [-0.15, -0.1) is 11.3 Å². The molecule has 0 unspecified atom stereocenters. The van der Waals surface area contributed by atoms with Gasteiger partial charge < -0.3 is 5.32 Å². The maximum absolute atomic E-state index is 13.1. The Labute approximate surface area is 150 Å². The molecule has 1 aromatic heterocycles. The smallest absolute Gasteiger partial charge is 0.319 e. The van der Waals surface area contributed by atoms with Gasteiger partial charge in [0.2, 0.25) is 0 Å². The lowest BCUT2D eigenvalue weighted by Crippen LogP contribution is -2.44. The number of thiophene rings is 1. The monoisotopic (exact) mass is 356 g/mol. The van der Waals surface area contributed by atoms with Gasteiger partial charge in [0.1, 0.15) is 5.54 Å². The highest BCUT2D eigenvalue weighted by Crippen LogP contribution is 2.33. The summed E-state index contributed by atoms with van der Waals surface area (Å²) >= 11 is 1.37. The van der Waals surface area contributed by atoms with E-state index in [1.165, 1.54) is 11.3 Å². The zero-order valence-corrected chi connectivity index (χ0v) is 15.1. The molecule has 3 rings (SSSR count). The van der Waals surface area contributed by atoms with E-state index >= 15 is 0 Å². The first-order chi connectivity index (χ1) is 12.0. The molecule has 1 aliphatic rings. The number of rotatable bonds is 6. The Hall–Kier alpha value is -2.47. The third-order valence-electron chi connectivity index (χ3n) is 4.38. The number of aryl methyl sites for hydroxylation is 1. The first kappa shape index (κ1) is 17.4. The van der Waals surface area contributed by atoms with Crippen LogP contribution in [0.5, 0.6) is 0 Å². The van der Waals surface area contributed by atoms with Crippen molar-refractivity contribution in [1.82, 2.24) is 10.2 Å². The van der Waals surface area contributed by atoms with Crippen LogP contribution in [-0.2, 0) is 10.3 Å². The first-order valence-electron chi connectivity index (χ1n) is 8.27. The summed E-state index contributed by atoms with van der Waals surface area (Å²) < 4.78 is 0. The molecule has 0 aliphatic carbocycles. The van der Waals surface area contributed by atoms with Gasteiger partial charge in [-0.2, -0.15) is 0 Å². The van der Waals surface area contributed by atoms with Crippen LogP contribution >= 0.6 is 11.3 Å². The van der Waals surface area contributed by atoms with Crippen molar-refractivity contribution in [2.75, 3.05) is 6.54 Å². The lowest BCUT2D eigenvalue weighted by molar-refractivity contribution is -0.131. The molecule has 2 aromatic rings. The van der Waals surface area contributed by atoms with Crippen molar-refractivity contribution < 1.29 is 14.4 Å². The van der Waals surface area contributed by atoms with Gasteiger partial charge in [0.05, 0.1) is 11.4 Å². The van der Waals surface area contributed by atoms with Gasteiger partial charge in [0, 0.05) is 4.88 Å². The molecular weight excluding hydrogens is 336 g/mol. The van der Waals surface area contributed by atoms with E-state index in [0.717, 1.165) is 21.8 Å². The van der Waals surface area contributed by atoms with Crippen LogP contribution < -0.4 is 5.32 Å². The number of hydrogen-bond acceptors (Lipinski definition) is 4. The fourth-order valence-corrected chi connectivity index (χ4v) is 3.98. The van der Waals surface area contributed by atoms with E-state index in [1.807, 2.05) is 50.2 Å². The molecule has 3 amide bonds. The fourth-order valence-electron chi connectivity index (χ4n) is 3.18. The van der Waals surface area contributed by atoms with E-state index in [9.17, 15) is 14.4 Å². The number of nitrogens with one attached hydrogen (secondary N) is 1. The highest BCUT2D eigenvalue weighted by Gasteiger charge is 2.52. The molecule has 0 saturated carbocycles. The highest BCUT2D eigenvalue weighted by molar-refractivity contribution is 7.14. The Morgan fingerprint density at radius 1 is 1.16 bits per heavy atom. The molecule has 5 nitrogen and oxygen atoms in total. The van der Waals surface area contributed by atoms with Crippen LogP contribution in [0.4, 0.5) is 4.79 Å². The molecule has 1 saturated heterocycles. The Morgan fingerprint density at radius 3 is 2.48 bits per heavy atom. The normalized spacial score (nSPS) is 20.0. The van der Waals surface area contributed by atoms with Crippen molar-refractivity contribution in [3.05, 3.63) is 57.8 Å². The summed E-state index contributed by atoms with van der Waals surface area (Å²) in [6.07, 6.45) is 1.22. The molecule has 1 fully saturated rings. The first-order valence-corrected chi connectivity index (χ1v) is 9.09. The van der Waals surface area contributed by atoms with Gasteiger partial charge in [-0.3, -0.25) is 14.5 Å². The van der Waals surface area contributed by atoms with E-state index in [-0.39, 0.29) is 18.2 Å². The Morgan fingerprint density at radius 2 is 1.88 bits per heavy atom. The molecule has 1 aromatic carbocycles. The number of carbonyl (C=O) groups excluding carboxylic acids is 3. The van der Waals surface area contributed by atoms with E-state index in [4.69, 9.17) is 0 Å². The minimum absolute atomic E-state index is 0.220. The van der Waals surface area contributed by atoms with Crippen LogP contribution in [0.2, 0.25) is 0 Å². The second kappa shape index (κ2) is 6.80. The molecule has 0 bridgehead atoms. The van der Waals surface area contributed by atoms with Gasteiger partial charge in [-0.25, -0.2) is 4.79 Å². The van der Waals surface area contributed by atoms with Crippen LogP contribution in [0.1, 0.15) is 39.9 Å². The van der Waals surface area contributed by atoms with E-state index < -0.39 is 11.6 Å². The van der Waals surface area contributed by atoms with Crippen molar-refractivity contribution in [3.8, 4) is 0 Å². The van der Waals surface area contributed by atoms with Crippen molar-refractivity contribution in [2.45, 2.75) is 32.2 Å². The summed E-state index contributed by atoms with van der Waals surface area (Å²) in [6.45, 7) is 3.64. The molecule has 0 radical (unpaired) electrons. The van der Waals surface area contributed by atoms with Crippen LogP contribution in [0.25, 0.3) is 0 Å². The van der Waals surface area contributed by atoms with Crippen molar-refractivity contribution in [3.63, 3.8) is 0 Å². The molecule has 0 spiro atoms. The third kappa shape index (κ3) is 3.09. The Kier molecular flexibility index (Phi) is 4.72. The van der Waals surface area contributed by atoms with Crippen molar-refractivity contribution in [1.29, 1.82) is 0 Å². The van der Waals surface area contributed by atoms with Crippen LogP contribution in [0.3, 0.4) is 0 Å². The van der Waals surface area contributed by atoms with Gasteiger partial charge in [-0.05, 0) is 31.0 Å². The summed E-state index contributed by atoms with van der Waals surface area (Å²) in [4.78, 5) is 40.6. The maximum atomic E-state index is 13.1. The lowest BCUT2D eigenvalue weighted by Gasteiger charge is -2.26. The second-order valence-electron chi connectivity index (χ2n) is 6.18. The number of hydrogen-bond donors (Lipinski definition) is 1. The largest absolute Gasteiger partial charge is 0.325 e. The van der Waals surface area contributed by atoms with Gasteiger partial charge in [0.15, 0.2) is 5.78 Å². The fraction of sp³-hybridized carbons (Fsp3) is 0.316. The standard InChI is InChI=1S/C19H20N2O3S/c1-3-11-19(14-7-5-4-6-8-14)17(23)21(18(24)20-19)12-15(22)16-10-9-13(2)25-16/h4-10H,3,11-12H2,1-2H3,(H,20,24)/t19-/m0/s1. The van der Waals surface area contributed by atoms with Crippen LogP contribution in [0.15, 0.2) is 42.5 Å². The Balaban J connectivity index is 1.89. The van der Waals surface area contributed by atoms with Crippen LogP contribution in [-0.4, -0.2) is 29.2 Å². The molecule has 1 N–H and O–H groups in total. The quantitative estimate of drug-likeness (QED) is 0.636. The second-order valence-corrected chi connectivity index (χ2v) is 7.46. The number of nitrogens with zero attached hydrogens (tertiary/aromatic N) is 1. The number of Topliss-reactive ketones (excluding diaryl/α,β-unsaturated/α-hetero) is 1. The lowest BCUT2D eigenvalue weighted by atomic mass is 9.85. The third-order valence-corrected chi connectivity index (χ3v) is 5.43. The average Bonchev–Trinajstić information content (AvgIpc) is 3.14. The van der Waals surface area contributed by atoms with E-state index in [0.29, 0.717) is 11.3 Å². The van der Waals surface area contributed by atoms with Gasteiger partial charge in [-0.1, -0.05) is 43.7 Å². The SMILES string of the molecule is CCC[C@@]1(c2ccccc2)NC(=O)N(CC(=O)c2ccc(C)s2)C1=O. The molecule has 1 aliphatic heterocycles. The van der Waals surface area contributed by atoms with Crippen molar-refractivity contribution >= 4 is 29.1 Å². The average molecular weight is 356 g/mol. The molecule has 2 heterocycles. The number of ketones is 1. The minimum Gasteiger partial charge on any atom is -0.319 e. The summed E-state index contributed by atoms with van der Waals surface area (Å²) in [5.41, 5.74) is -0.337. The highest BCUT2D eigenvalue weighted by atomic mass is 32.1. The molecule has 6 heteroatoms. The molecule has 130 valence electrons. The summed E-state index contributed by atoms with van der Waals surface area (Å²) in [5, 5.41) is 2.84. The predicted octanol–water partition coefficient (Wildman–Crippen LogP) is 3.49. The van der Waals surface area contributed by atoms with Gasteiger partial charge >= 0.3 is 6.03 Å². The number of carbonyl (C=O) groups is 3. The summed E-state index contributed by atoms with van der Waals surface area (Å²) in [5.74, 6) is -0.575. The number of urea groups is 1. The maximum Gasteiger partial charge on any atom is 0.325 e. The van der Waals surface area contributed by atoms with Crippen LogP contribution in [0, 0.1) is 6.92 Å². The minimum atomic E-state index is -1.08. The van der Waals surface area contributed by atoms with Gasteiger partial charge in [0.25, 0.3) is 5.91 Å². The summed E-state index contributed by atoms with van der Waals surface area (Å²) in [7, 11) is 0. The number of benzene rings is 1. The van der Waals surface area contributed by atoms with E-state index in [1.54, 1.807) is 6.07 Å². The van der Waals surface area contributed by atoms with Crippen molar-refractivity contribution in [2.24, 2.45) is 0 Å². The molecular formula is C19H20N2O3S. The topological polar surface area (TPSA) is 66.5 Å². The molecule has 25 heavy (non-hydrogen) atoms. The number of imide groups is 1. The summed E-state index contributed by atoms with van der Waals surface area (Å²) in [6, 6.07) is 12.3. The zero-order valence-electron chi connectivity index (χ0n) is 14.2. The Bertz CT molecular complexity index is 815. The number of amides is 3.